The van der Waals surface area contributed by atoms with Crippen LogP contribution in [0, 0.1) is 0 Å². The molecule has 0 saturated carbocycles. The molecule has 1 unspecified atom stereocenters. The lowest BCUT2D eigenvalue weighted by Crippen LogP contribution is -2.25. The molecule has 0 spiro atoms. The van der Waals surface area contributed by atoms with Gasteiger partial charge in [0.25, 0.3) is 0 Å². The third-order valence-corrected chi connectivity index (χ3v) is 1.81. The molecule has 74 valence electrons. The molecule has 1 atom stereocenters. The van der Waals surface area contributed by atoms with E-state index in [-0.39, 0.29) is 11.1 Å². The molecule has 0 aromatic heterocycles. The number of carboxylic acids is 1. The van der Waals surface area contributed by atoms with Crippen LogP contribution >= 0.6 is 0 Å². The van der Waals surface area contributed by atoms with Crippen LogP contribution < -0.4 is 0 Å². The molecule has 0 aromatic rings. The summed E-state index contributed by atoms with van der Waals surface area (Å²) >= 11 is 0. The highest BCUT2D eigenvalue weighted by molar-refractivity contribution is 5.91. The normalized spacial score (nSPS) is 20.2. The Hall–Kier alpha value is -1.64. The van der Waals surface area contributed by atoms with Crippen LogP contribution in [0.4, 0.5) is 0 Å². The first-order chi connectivity index (χ1) is 6.70. The van der Waals surface area contributed by atoms with Crippen LogP contribution in [0.3, 0.4) is 0 Å². The van der Waals surface area contributed by atoms with E-state index in [1.807, 2.05) is 0 Å². The predicted octanol–water partition coefficient (Wildman–Crippen LogP) is 0.730. The number of hydrogen-bond donors (Lipinski definition) is 1. The first-order valence-electron chi connectivity index (χ1n) is 4.18. The molecule has 1 rings (SSSR count). The van der Waals surface area contributed by atoms with Crippen molar-refractivity contribution in [1.29, 1.82) is 0 Å². The van der Waals surface area contributed by atoms with Gasteiger partial charge in [0.15, 0.2) is 0 Å². The van der Waals surface area contributed by atoms with Gasteiger partial charge in [0.1, 0.15) is 12.0 Å². The largest absolute Gasteiger partial charge is 0.478 e. The van der Waals surface area contributed by atoms with E-state index in [9.17, 15) is 9.59 Å². The molecule has 1 aliphatic carbocycles. The van der Waals surface area contributed by atoms with Crippen molar-refractivity contribution in [3.05, 3.63) is 29.4 Å². The lowest BCUT2D eigenvalue weighted by atomic mass is 9.97. The van der Waals surface area contributed by atoms with E-state index >= 15 is 0 Å². The summed E-state index contributed by atoms with van der Waals surface area (Å²) in [4.78, 5) is 21.3. The van der Waals surface area contributed by atoms with Crippen molar-refractivity contribution in [3.63, 3.8) is 0 Å². The molecule has 0 aliphatic heterocycles. The highest BCUT2D eigenvalue weighted by atomic mass is 16.5. The minimum atomic E-state index is -1.08. The molecule has 14 heavy (non-hydrogen) atoms. The summed E-state index contributed by atoms with van der Waals surface area (Å²) in [6, 6.07) is 0. The first kappa shape index (κ1) is 10.4. The third-order valence-electron chi connectivity index (χ3n) is 1.81. The van der Waals surface area contributed by atoms with E-state index in [0.717, 1.165) is 0 Å². The number of carbonyl (C=O) groups is 1. The van der Waals surface area contributed by atoms with E-state index in [0.29, 0.717) is 6.61 Å². The zero-order chi connectivity index (χ0) is 10.6. The Balaban J connectivity index is 3.03. The van der Waals surface area contributed by atoms with Gasteiger partial charge >= 0.3 is 5.97 Å². The maximum Gasteiger partial charge on any atom is 0.334 e. The first-order valence-corrected chi connectivity index (χ1v) is 4.18. The maximum atomic E-state index is 10.8. The second kappa shape index (κ2) is 4.56. The third kappa shape index (κ3) is 1.99. The van der Waals surface area contributed by atoms with Gasteiger partial charge in [0, 0.05) is 6.61 Å². The molecule has 4 nitrogen and oxygen atoms in total. The van der Waals surface area contributed by atoms with Crippen molar-refractivity contribution in [2.24, 2.45) is 0 Å². The minimum Gasteiger partial charge on any atom is -0.478 e. The predicted molar refractivity (Wildman–Crippen MR) is 49.5 cm³/mol. The zero-order valence-corrected chi connectivity index (χ0v) is 7.69. The number of carbonyl (C=O) groups excluding carboxylic acids is 1. The fraction of sp³-hybridized carbons (Fsp3) is 0.300. The van der Waals surface area contributed by atoms with Crippen molar-refractivity contribution in [1.82, 2.24) is 0 Å². The van der Waals surface area contributed by atoms with Gasteiger partial charge in [0.05, 0.1) is 11.1 Å². The van der Waals surface area contributed by atoms with E-state index in [1.165, 1.54) is 18.2 Å². The Morgan fingerprint density at radius 1 is 1.71 bits per heavy atom. The Morgan fingerprint density at radius 3 is 2.93 bits per heavy atom. The summed E-state index contributed by atoms with van der Waals surface area (Å²) in [5.41, 5.74) is 0.277. The van der Waals surface area contributed by atoms with E-state index in [4.69, 9.17) is 9.84 Å². The quantitative estimate of drug-likeness (QED) is 0.673. The molecule has 0 fully saturated rings. The van der Waals surface area contributed by atoms with E-state index in [1.54, 1.807) is 12.9 Å². The fourth-order valence-corrected chi connectivity index (χ4v) is 1.21. The van der Waals surface area contributed by atoms with Gasteiger partial charge in [-0.2, -0.15) is 0 Å². The highest BCUT2D eigenvalue weighted by Gasteiger charge is 2.26. The maximum absolute atomic E-state index is 10.8. The zero-order valence-electron chi connectivity index (χ0n) is 7.69. The van der Waals surface area contributed by atoms with Crippen molar-refractivity contribution in [2.45, 2.75) is 13.0 Å². The number of aliphatic carboxylic acids is 1. The number of carboxylic acid groups (broad SMARTS) is 1. The summed E-state index contributed by atoms with van der Waals surface area (Å²) in [5.74, 6) is 0.592. The van der Waals surface area contributed by atoms with Gasteiger partial charge in [-0.05, 0) is 19.1 Å². The Kier molecular flexibility index (Phi) is 3.40. The van der Waals surface area contributed by atoms with Crippen LogP contribution in [-0.4, -0.2) is 29.7 Å². The molecule has 1 aliphatic rings. The molecule has 0 heterocycles. The smallest absolute Gasteiger partial charge is 0.334 e. The van der Waals surface area contributed by atoms with Crippen molar-refractivity contribution in [2.75, 3.05) is 6.61 Å². The minimum absolute atomic E-state index is 0.0627. The summed E-state index contributed by atoms with van der Waals surface area (Å²) in [7, 11) is 0. The molecular formula is C10H10O4. The second-order valence-corrected chi connectivity index (χ2v) is 2.68. The average molecular weight is 194 g/mol. The summed E-state index contributed by atoms with van der Waals surface area (Å²) in [5, 5.41) is 8.82. The average Bonchev–Trinajstić information content (AvgIpc) is 2.18. The molecule has 0 saturated heterocycles. The molecular weight excluding hydrogens is 184 g/mol. The Labute approximate surface area is 81.2 Å². The topological polar surface area (TPSA) is 63.6 Å². The Bertz CT molecular complexity index is 345. The van der Waals surface area contributed by atoms with Crippen LogP contribution in [0.5, 0.6) is 0 Å². The molecule has 0 aromatic carbocycles. The van der Waals surface area contributed by atoms with Gasteiger partial charge in [-0.3, -0.25) is 0 Å². The number of hydrogen-bond acceptors (Lipinski definition) is 3. The van der Waals surface area contributed by atoms with Gasteiger partial charge < -0.3 is 9.84 Å². The van der Waals surface area contributed by atoms with E-state index < -0.39 is 12.1 Å². The second-order valence-electron chi connectivity index (χ2n) is 2.68. The van der Waals surface area contributed by atoms with Crippen molar-refractivity contribution in [3.8, 4) is 0 Å². The standard InChI is InChI=1S/C10H10O4/c1-2-14-9-7(6-11)4-3-5-8(9)10(12)13/h3-5,9H,2H2,1H3,(H,12,13). The van der Waals surface area contributed by atoms with Crippen molar-refractivity contribution < 1.29 is 19.4 Å². The highest BCUT2D eigenvalue weighted by Crippen LogP contribution is 2.20. The van der Waals surface area contributed by atoms with Crippen LogP contribution in [0.2, 0.25) is 0 Å². The number of rotatable bonds is 3. The van der Waals surface area contributed by atoms with Gasteiger partial charge in [-0.1, -0.05) is 6.08 Å². The molecule has 0 amide bonds. The lowest BCUT2D eigenvalue weighted by molar-refractivity contribution is -0.133. The molecule has 0 bridgehead atoms. The number of ether oxygens (including phenoxy) is 1. The summed E-state index contributed by atoms with van der Waals surface area (Å²) in [6.45, 7) is 2.08. The Morgan fingerprint density at radius 2 is 2.43 bits per heavy atom. The van der Waals surface area contributed by atoms with Gasteiger partial charge in [0.2, 0.25) is 0 Å². The summed E-state index contributed by atoms with van der Waals surface area (Å²) < 4.78 is 5.16. The molecule has 0 radical (unpaired) electrons. The van der Waals surface area contributed by atoms with Gasteiger partial charge in [-0.25, -0.2) is 9.59 Å². The lowest BCUT2D eigenvalue weighted by Gasteiger charge is -2.18. The number of allylic oxidation sites excluding steroid dienone is 2. The summed E-state index contributed by atoms with van der Waals surface area (Å²) in [6.07, 6.45) is 3.63. The van der Waals surface area contributed by atoms with Crippen molar-refractivity contribution >= 4 is 11.9 Å². The van der Waals surface area contributed by atoms with Crippen LogP contribution in [-0.2, 0) is 14.3 Å². The van der Waals surface area contributed by atoms with E-state index in [2.05, 4.69) is 0 Å². The molecule has 1 N–H and O–H groups in total. The fourth-order valence-electron chi connectivity index (χ4n) is 1.21. The van der Waals surface area contributed by atoms with Crippen LogP contribution in [0.25, 0.3) is 0 Å². The SMILES string of the molecule is CCOC1C(=C=O)C=CC=C1C(=O)O. The molecule has 4 heteroatoms. The van der Waals surface area contributed by atoms with Crippen LogP contribution in [0.1, 0.15) is 6.92 Å². The van der Waals surface area contributed by atoms with Gasteiger partial charge in [-0.15, -0.1) is 0 Å². The van der Waals surface area contributed by atoms with Crippen LogP contribution in [0.15, 0.2) is 29.4 Å². The monoisotopic (exact) mass is 194 g/mol.